The van der Waals surface area contributed by atoms with Gasteiger partial charge in [0.25, 0.3) is 10.0 Å². The molecule has 0 radical (unpaired) electrons. The second kappa shape index (κ2) is 5.85. The van der Waals surface area contributed by atoms with Crippen molar-refractivity contribution in [2.24, 2.45) is 0 Å². The van der Waals surface area contributed by atoms with Gasteiger partial charge in [-0.2, -0.15) is 0 Å². The minimum Gasteiger partial charge on any atom is -0.489 e. The fourth-order valence-electron chi connectivity index (χ4n) is 2.32. The second-order valence-electron chi connectivity index (χ2n) is 5.15. The Morgan fingerprint density at radius 1 is 1.09 bits per heavy atom. The highest BCUT2D eigenvalue weighted by Gasteiger charge is 2.26. The molecule has 5 heteroatoms. The Bertz CT molecular complexity index is 795. The first-order chi connectivity index (χ1) is 10.6. The van der Waals surface area contributed by atoms with E-state index < -0.39 is 10.0 Å². The van der Waals surface area contributed by atoms with Gasteiger partial charge in [0.05, 0.1) is 17.6 Å². The fraction of sp³-hybridized carbons (Fsp3) is 0.176. The molecule has 0 N–H and O–H groups in total. The third kappa shape index (κ3) is 2.99. The maximum Gasteiger partial charge on any atom is 0.257 e. The van der Waals surface area contributed by atoms with E-state index in [0.717, 1.165) is 11.1 Å². The summed E-state index contributed by atoms with van der Waals surface area (Å²) in [6.45, 7) is 2.67. The molecule has 0 aromatic heterocycles. The number of benzene rings is 2. The van der Waals surface area contributed by atoms with E-state index in [4.69, 9.17) is 4.74 Å². The Balaban J connectivity index is 1.89. The lowest BCUT2D eigenvalue weighted by atomic mass is 10.2. The van der Waals surface area contributed by atoms with Crippen LogP contribution in [0, 0.1) is 6.92 Å². The van der Waals surface area contributed by atoms with Crippen LogP contribution in [0.1, 0.15) is 11.1 Å². The molecule has 0 spiro atoms. The van der Waals surface area contributed by atoms with E-state index in [-0.39, 0.29) is 0 Å². The molecule has 22 heavy (non-hydrogen) atoms. The Kier molecular flexibility index (Phi) is 3.90. The number of aryl methyl sites for hydroxylation is 1. The van der Waals surface area contributed by atoms with Crippen LogP contribution in [0.15, 0.2) is 53.9 Å². The van der Waals surface area contributed by atoms with Crippen molar-refractivity contribution in [2.75, 3.05) is 17.5 Å². The van der Waals surface area contributed by atoms with Gasteiger partial charge in [-0.1, -0.05) is 42.0 Å². The molecular weight excluding hydrogens is 298 g/mol. The standard InChI is InChI=1S/C17H17NO3S/c1-14-6-8-15(9-7-14)10-13-22(19,20)18-11-12-21-17-5-3-2-4-16(17)18/h2-10,13H,11-12H2,1H3/b13-10-. The molecule has 3 rings (SSSR count). The topological polar surface area (TPSA) is 46.6 Å². The van der Waals surface area contributed by atoms with E-state index in [1.807, 2.05) is 37.3 Å². The van der Waals surface area contributed by atoms with Gasteiger partial charge in [0.1, 0.15) is 12.4 Å². The zero-order valence-corrected chi connectivity index (χ0v) is 13.1. The number of fused-ring (bicyclic) bond motifs is 1. The Morgan fingerprint density at radius 3 is 2.59 bits per heavy atom. The zero-order chi connectivity index (χ0) is 15.6. The first kappa shape index (κ1) is 14.7. The summed E-state index contributed by atoms with van der Waals surface area (Å²) in [5.41, 5.74) is 2.58. The van der Waals surface area contributed by atoms with E-state index in [1.165, 1.54) is 9.71 Å². The van der Waals surface area contributed by atoms with Crippen molar-refractivity contribution in [3.8, 4) is 5.75 Å². The summed E-state index contributed by atoms with van der Waals surface area (Å²) < 4.78 is 32.0. The number of sulfonamides is 1. The van der Waals surface area contributed by atoms with Crippen LogP contribution in [-0.4, -0.2) is 21.6 Å². The molecule has 1 aliphatic rings. The highest BCUT2D eigenvalue weighted by atomic mass is 32.2. The zero-order valence-electron chi connectivity index (χ0n) is 12.3. The summed E-state index contributed by atoms with van der Waals surface area (Å²) in [4.78, 5) is 0. The lowest BCUT2D eigenvalue weighted by Gasteiger charge is -2.29. The molecule has 0 fully saturated rings. The summed E-state index contributed by atoms with van der Waals surface area (Å²) in [6.07, 6.45) is 1.62. The molecule has 0 saturated carbocycles. The highest BCUT2D eigenvalue weighted by Crippen LogP contribution is 2.33. The first-order valence-corrected chi connectivity index (χ1v) is 8.56. The lowest BCUT2D eigenvalue weighted by molar-refractivity contribution is 0.316. The van der Waals surface area contributed by atoms with Gasteiger partial charge in [-0.25, -0.2) is 8.42 Å². The SMILES string of the molecule is Cc1ccc(/C=C\S(=O)(=O)N2CCOc3ccccc32)cc1. The van der Waals surface area contributed by atoms with E-state index in [9.17, 15) is 8.42 Å². The predicted molar refractivity (Wildman–Crippen MR) is 88.4 cm³/mol. The maximum absolute atomic E-state index is 12.6. The maximum atomic E-state index is 12.6. The van der Waals surface area contributed by atoms with E-state index in [1.54, 1.807) is 24.3 Å². The van der Waals surface area contributed by atoms with Crippen LogP contribution in [0.2, 0.25) is 0 Å². The Morgan fingerprint density at radius 2 is 1.82 bits per heavy atom. The Labute approximate surface area is 130 Å². The molecule has 1 heterocycles. The van der Waals surface area contributed by atoms with Crippen LogP contribution in [0.25, 0.3) is 6.08 Å². The number of rotatable bonds is 3. The van der Waals surface area contributed by atoms with Gasteiger partial charge in [0.15, 0.2) is 0 Å². The molecule has 0 bridgehead atoms. The summed E-state index contributed by atoms with van der Waals surface area (Å²) in [5, 5.41) is 1.25. The highest BCUT2D eigenvalue weighted by molar-refractivity contribution is 7.95. The summed E-state index contributed by atoms with van der Waals surface area (Å²) in [6, 6.07) is 14.9. The molecule has 2 aromatic carbocycles. The molecule has 2 aromatic rings. The van der Waals surface area contributed by atoms with Gasteiger partial charge < -0.3 is 4.74 Å². The largest absolute Gasteiger partial charge is 0.489 e. The minimum atomic E-state index is -3.53. The summed E-state index contributed by atoms with van der Waals surface area (Å²) in [5.74, 6) is 0.598. The molecule has 0 atom stereocenters. The third-order valence-electron chi connectivity index (χ3n) is 3.50. The molecule has 0 unspecified atom stereocenters. The fourth-order valence-corrected chi connectivity index (χ4v) is 3.55. The van der Waals surface area contributed by atoms with Crippen molar-refractivity contribution in [3.63, 3.8) is 0 Å². The minimum absolute atomic E-state index is 0.317. The summed E-state index contributed by atoms with van der Waals surface area (Å²) >= 11 is 0. The van der Waals surface area contributed by atoms with Crippen LogP contribution in [-0.2, 0) is 10.0 Å². The van der Waals surface area contributed by atoms with E-state index in [0.29, 0.717) is 24.6 Å². The van der Waals surface area contributed by atoms with E-state index in [2.05, 4.69) is 0 Å². The van der Waals surface area contributed by atoms with Crippen molar-refractivity contribution in [3.05, 3.63) is 65.1 Å². The number of ether oxygens (including phenoxy) is 1. The summed E-state index contributed by atoms with van der Waals surface area (Å²) in [7, 11) is -3.53. The second-order valence-corrected chi connectivity index (χ2v) is 6.89. The number of hydrogen-bond donors (Lipinski definition) is 0. The smallest absolute Gasteiger partial charge is 0.257 e. The predicted octanol–water partition coefficient (Wildman–Crippen LogP) is 3.19. The van der Waals surface area contributed by atoms with Gasteiger partial charge in [-0.15, -0.1) is 0 Å². The van der Waals surface area contributed by atoms with Crippen molar-refractivity contribution < 1.29 is 13.2 Å². The first-order valence-electron chi connectivity index (χ1n) is 7.05. The molecule has 0 amide bonds. The molecular formula is C17H17NO3S. The average Bonchev–Trinajstić information content (AvgIpc) is 2.54. The van der Waals surface area contributed by atoms with Gasteiger partial charge in [-0.05, 0) is 30.7 Å². The quantitative estimate of drug-likeness (QED) is 0.874. The average molecular weight is 315 g/mol. The van der Waals surface area contributed by atoms with Crippen LogP contribution in [0.3, 0.4) is 0 Å². The van der Waals surface area contributed by atoms with Gasteiger partial charge in [0, 0.05) is 0 Å². The van der Waals surface area contributed by atoms with Gasteiger partial charge >= 0.3 is 0 Å². The van der Waals surface area contributed by atoms with Crippen molar-refractivity contribution in [1.82, 2.24) is 0 Å². The van der Waals surface area contributed by atoms with Crippen molar-refractivity contribution in [1.29, 1.82) is 0 Å². The molecule has 0 saturated heterocycles. The lowest BCUT2D eigenvalue weighted by Crippen LogP contribution is -2.36. The molecule has 0 aliphatic carbocycles. The van der Waals surface area contributed by atoms with Crippen molar-refractivity contribution in [2.45, 2.75) is 6.92 Å². The van der Waals surface area contributed by atoms with E-state index >= 15 is 0 Å². The van der Waals surface area contributed by atoms with Crippen LogP contribution >= 0.6 is 0 Å². The third-order valence-corrected chi connectivity index (χ3v) is 4.98. The van der Waals surface area contributed by atoms with Crippen LogP contribution < -0.4 is 9.04 Å². The number of para-hydroxylation sites is 2. The molecule has 114 valence electrons. The number of anilines is 1. The normalized spacial score (nSPS) is 14.7. The van der Waals surface area contributed by atoms with Crippen molar-refractivity contribution >= 4 is 21.8 Å². The van der Waals surface area contributed by atoms with Gasteiger partial charge in [0.2, 0.25) is 0 Å². The van der Waals surface area contributed by atoms with Crippen LogP contribution in [0.4, 0.5) is 5.69 Å². The Hall–Kier alpha value is -2.27. The number of hydrogen-bond acceptors (Lipinski definition) is 3. The molecule has 4 nitrogen and oxygen atoms in total. The van der Waals surface area contributed by atoms with Crippen LogP contribution in [0.5, 0.6) is 5.75 Å². The molecule has 1 aliphatic heterocycles. The monoisotopic (exact) mass is 315 g/mol. The van der Waals surface area contributed by atoms with Gasteiger partial charge in [-0.3, -0.25) is 4.31 Å². The number of nitrogens with zero attached hydrogens (tertiary/aromatic N) is 1.